The minimum Gasteiger partial charge on any atom is -0.497 e. The molecule has 2 N–H and O–H groups in total. The SMILES string of the molecule is COc1ccc(-c2noc(CN3CCN([C@H](C)C(=O)NC(=O)NC4CCCCC4)CC3)n2)cc1. The van der Waals surface area contributed by atoms with E-state index in [1.54, 1.807) is 7.11 Å². The fraction of sp³-hybridized carbons (Fsp3) is 0.583. The number of amides is 3. The highest BCUT2D eigenvalue weighted by atomic mass is 16.5. The van der Waals surface area contributed by atoms with Crippen LogP contribution in [0.25, 0.3) is 11.4 Å². The molecule has 2 heterocycles. The molecular formula is C24H34N6O4. The number of ether oxygens (including phenoxy) is 1. The molecule has 0 spiro atoms. The quantitative estimate of drug-likeness (QED) is 0.634. The Morgan fingerprint density at radius 3 is 2.50 bits per heavy atom. The second kappa shape index (κ2) is 11.4. The molecule has 4 rings (SSSR count). The third kappa shape index (κ3) is 6.32. The number of carbonyl (C=O) groups excluding carboxylic acids is 2. The van der Waals surface area contributed by atoms with Gasteiger partial charge in [-0.05, 0) is 44.0 Å². The Balaban J connectivity index is 1.21. The summed E-state index contributed by atoms with van der Waals surface area (Å²) in [6.45, 7) is 5.38. The minimum atomic E-state index is -0.383. The van der Waals surface area contributed by atoms with Crippen molar-refractivity contribution in [2.24, 2.45) is 0 Å². The molecule has 34 heavy (non-hydrogen) atoms. The molecule has 1 aromatic carbocycles. The summed E-state index contributed by atoms with van der Waals surface area (Å²) in [6.07, 6.45) is 5.46. The molecule has 0 radical (unpaired) electrons. The molecule has 1 aromatic heterocycles. The molecule has 1 aliphatic heterocycles. The molecule has 0 bridgehead atoms. The third-order valence-electron chi connectivity index (χ3n) is 6.69. The van der Waals surface area contributed by atoms with Crippen LogP contribution in [0.3, 0.4) is 0 Å². The Bertz CT molecular complexity index is 949. The van der Waals surface area contributed by atoms with E-state index in [-0.39, 0.29) is 24.0 Å². The summed E-state index contributed by atoms with van der Waals surface area (Å²) in [5.74, 6) is 1.62. The van der Waals surface area contributed by atoms with E-state index in [4.69, 9.17) is 9.26 Å². The minimum absolute atomic E-state index is 0.176. The fourth-order valence-electron chi connectivity index (χ4n) is 4.53. The van der Waals surface area contributed by atoms with Crippen LogP contribution in [0.15, 0.2) is 28.8 Å². The number of rotatable bonds is 7. The monoisotopic (exact) mass is 470 g/mol. The van der Waals surface area contributed by atoms with Crippen LogP contribution in [0.1, 0.15) is 44.9 Å². The normalized spacial score (nSPS) is 18.9. The van der Waals surface area contributed by atoms with E-state index in [0.29, 0.717) is 18.3 Å². The van der Waals surface area contributed by atoms with Crippen molar-refractivity contribution in [3.63, 3.8) is 0 Å². The van der Waals surface area contributed by atoms with Gasteiger partial charge in [-0.25, -0.2) is 4.79 Å². The van der Waals surface area contributed by atoms with Crippen LogP contribution in [0.5, 0.6) is 5.75 Å². The molecule has 1 atom stereocenters. The van der Waals surface area contributed by atoms with Crippen LogP contribution in [0.4, 0.5) is 4.79 Å². The van der Waals surface area contributed by atoms with Crippen LogP contribution in [0.2, 0.25) is 0 Å². The highest BCUT2D eigenvalue weighted by molar-refractivity contribution is 5.96. The van der Waals surface area contributed by atoms with Crippen molar-refractivity contribution in [2.45, 2.75) is 57.7 Å². The molecule has 1 aliphatic carbocycles. The molecule has 3 amide bonds. The van der Waals surface area contributed by atoms with Crippen LogP contribution >= 0.6 is 0 Å². The number of nitrogens with one attached hydrogen (secondary N) is 2. The van der Waals surface area contributed by atoms with Crippen LogP contribution < -0.4 is 15.4 Å². The van der Waals surface area contributed by atoms with Gasteiger partial charge in [0.2, 0.25) is 17.6 Å². The molecule has 2 fully saturated rings. The van der Waals surface area contributed by atoms with Crippen molar-refractivity contribution >= 4 is 11.9 Å². The first-order chi connectivity index (χ1) is 16.5. The molecule has 0 unspecified atom stereocenters. The average molecular weight is 471 g/mol. The van der Waals surface area contributed by atoms with Crippen LogP contribution in [0, 0.1) is 0 Å². The maximum Gasteiger partial charge on any atom is 0.321 e. The highest BCUT2D eigenvalue weighted by Crippen LogP contribution is 2.20. The summed E-state index contributed by atoms with van der Waals surface area (Å²) in [5, 5.41) is 9.54. The lowest BCUT2D eigenvalue weighted by Gasteiger charge is -2.36. The van der Waals surface area contributed by atoms with E-state index in [9.17, 15) is 9.59 Å². The van der Waals surface area contributed by atoms with Crippen molar-refractivity contribution in [1.82, 2.24) is 30.6 Å². The van der Waals surface area contributed by atoms with Crippen molar-refractivity contribution < 1.29 is 18.8 Å². The van der Waals surface area contributed by atoms with Gasteiger partial charge in [-0.3, -0.25) is 19.9 Å². The van der Waals surface area contributed by atoms with Crippen molar-refractivity contribution in [3.8, 4) is 17.1 Å². The Hall–Kier alpha value is -2.98. The Morgan fingerprint density at radius 2 is 1.82 bits per heavy atom. The van der Waals surface area contributed by atoms with Gasteiger partial charge in [0.15, 0.2) is 0 Å². The summed E-state index contributed by atoms with van der Waals surface area (Å²) in [4.78, 5) is 33.6. The third-order valence-corrected chi connectivity index (χ3v) is 6.69. The number of urea groups is 1. The second-order valence-electron chi connectivity index (χ2n) is 9.03. The molecule has 10 nitrogen and oxygen atoms in total. The first-order valence-corrected chi connectivity index (χ1v) is 12.1. The Kier molecular flexibility index (Phi) is 8.12. The summed E-state index contributed by atoms with van der Waals surface area (Å²) in [7, 11) is 1.63. The number of methoxy groups -OCH3 is 1. The van der Waals surface area contributed by atoms with Gasteiger partial charge in [0.1, 0.15) is 5.75 Å². The van der Waals surface area contributed by atoms with Crippen molar-refractivity contribution in [2.75, 3.05) is 33.3 Å². The van der Waals surface area contributed by atoms with Crippen LogP contribution in [-0.4, -0.2) is 77.3 Å². The molecule has 1 saturated carbocycles. The molecular weight excluding hydrogens is 436 g/mol. The zero-order chi connectivity index (χ0) is 23.9. The van der Waals surface area contributed by atoms with Gasteiger partial charge in [0.05, 0.1) is 19.7 Å². The lowest BCUT2D eigenvalue weighted by molar-refractivity contribution is -0.125. The van der Waals surface area contributed by atoms with Gasteiger partial charge < -0.3 is 14.6 Å². The highest BCUT2D eigenvalue weighted by Gasteiger charge is 2.28. The first-order valence-electron chi connectivity index (χ1n) is 12.1. The zero-order valence-corrected chi connectivity index (χ0v) is 20.0. The summed E-state index contributed by atoms with van der Waals surface area (Å²) < 4.78 is 10.6. The zero-order valence-electron chi connectivity index (χ0n) is 20.0. The van der Waals surface area contributed by atoms with Gasteiger partial charge in [0.25, 0.3) is 0 Å². The van der Waals surface area contributed by atoms with Crippen LogP contribution in [-0.2, 0) is 11.3 Å². The predicted octanol–water partition coefficient (Wildman–Crippen LogP) is 2.41. The molecule has 2 aromatic rings. The number of piperazine rings is 1. The van der Waals surface area contributed by atoms with Gasteiger partial charge >= 0.3 is 6.03 Å². The van der Waals surface area contributed by atoms with Gasteiger partial charge in [-0.1, -0.05) is 24.4 Å². The van der Waals surface area contributed by atoms with Crippen molar-refractivity contribution in [1.29, 1.82) is 0 Å². The molecule has 2 aliphatic rings. The summed E-state index contributed by atoms with van der Waals surface area (Å²) in [5.41, 5.74) is 0.869. The number of hydrogen-bond acceptors (Lipinski definition) is 8. The molecule has 184 valence electrons. The molecule has 10 heteroatoms. The van der Waals surface area contributed by atoms with E-state index in [1.807, 2.05) is 31.2 Å². The summed E-state index contributed by atoms with van der Waals surface area (Å²) >= 11 is 0. The summed E-state index contributed by atoms with van der Waals surface area (Å²) in [6, 6.07) is 6.94. The first kappa shape index (κ1) is 24.2. The second-order valence-corrected chi connectivity index (χ2v) is 9.03. The van der Waals surface area contributed by atoms with Gasteiger partial charge in [-0.15, -0.1) is 0 Å². The number of nitrogens with zero attached hydrogens (tertiary/aromatic N) is 4. The predicted molar refractivity (Wildman–Crippen MR) is 126 cm³/mol. The average Bonchev–Trinajstić information content (AvgIpc) is 3.33. The number of imide groups is 1. The van der Waals surface area contributed by atoms with E-state index >= 15 is 0 Å². The number of aromatic nitrogens is 2. The fourth-order valence-corrected chi connectivity index (χ4v) is 4.53. The number of hydrogen-bond donors (Lipinski definition) is 2. The lowest BCUT2D eigenvalue weighted by atomic mass is 9.96. The largest absolute Gasteiger partial charge is 0.497 e. The Labute approximate surface area is 200 Å². The lowest BCUT2D eigenvalue weighted by Crippen LogP contribution is -2.55. The van der Waals surface area contributed by atoms with Gasteiger partial charge in [-0.2, -0.15) is 4.98 Å². The van der Waals surface area contributed by atoms with E-state index in [0.717, 1.165) is 63.2 Å². The van der Waals surface area contributed by atoms with E-state index < -0.39 is 0 Å². The maximum atomic E-state index is 12.6. The van der Waals surface area contributed by atoms with Gasteiger partial charge in [0, 0.05) is 37.8 Å². The number of benzene rings is 1. The molecule has 1 saturated heterocycles. The smallest absolute Gasteiger partial charge is 0.321 e. The van der Waals surface area contributed by atoms with Crippen molar-refractivity contribution in [3.05, 3.63) is 30.2 Å². The van der Waals surface area contributed by atoms with E-state index in [2.05, 4.69) is 30.6 Å². The maximum absolute atomic E-state index is 12.6. The Morgan fingerprint density at radius 1 is 1.12 bits per heavy atom. The number of carbonyl (C=O) groups is 2. The topological polar surface area (TPSA) is 113 Å². The standard InChI is InChI=1S/C24H34N6O4/c1-17(23(31)27-24(32)25-19-6-4-3-5-7-19)30-14-12-29(13-15-30)16-21-26-22(28-34-21)18-8-10-20(33-2)11-9-18/h8-11,17,19H,3-7,12-16H2,1-2H3,(H2,25,27,31,32)/t17-/m1/s1. The van der Waals surface area contributed by atoms with E-state index in [1.165, 1.54) is 6.42 Å².